The number of pyridine rings is 1. The Morgan fingerprint density at radius 3 is 2.74 bits per heavy atom. The molecule has 0 bridgehead atoms. The van der Waals surface area contributed by atoms with Gasteiger partial charge in [0.1, 0.15) is 17.8 Å². The standard InChI is InChI=1S/C22H23BrN4O4/c1-14-7-9-22(10-8-14)20(29)27(21(30)26-22)13-18(28)25-16-5-6-19(24-12-16)31-17-4-2-3-15(23)11-17/h2-6,11-12,14H,7-10,13H2,1H3,(H,25,28)(H,26,30). The number of halogens is 1. The number of hydrogen-bond acceptors (Lipinski definition) is 5. The van der Waals surface area contributed by atoms with Crippen LogP contribution in [-0.4, -0.2) is 39.8 Å². The summed E-state index contributed by atoms with van der Waals surface area (Å²) < 4.78 is 6.55. The number of urea groups is 1. The number of nitrogens with one attached hydrogen (secondary N) is 2. The van der Waals surface area contributed by atoms with Gasteiger partial charge in [-0.2, -0.15) is 0 Å². The monoisotopic (exact) mass is 486 g/mol. The number of aromatic nitrogens is 1. The molecular formula is C22H23BrN4O4. The molecule has 2 N–H and O–H groups in total. The van der Waals surface area contributed by atoms with Crippen LogP contribution in [0.2, 0.25) is 0 Å². The summed E-state index contributed by atoms with van der Waals surface area (Å²) in [5, 5.41) is 5.49. The van der Waals surface area contributed by atoms with E-state index in [1.165, 1.54) is 6.20 Å². The van der Waals surface area contributed by atoms with E-state index in [1.807, 2.05) is 18.2 Å². The first-order chi connectivity index (χ1) is 14.8. The number of rotatable bonds is 5. The predicted molar refractivity (Wildman–Crippen MR) is 118 cm³/mol. The first kappa shape index (κ1) is 21.3. The maximum Gasteiger partial charge on any atom is 0.325 e. The highest BCUT2D eigenvalue weighted by Crippen LogP contribution is 2.36. The number of benzene rings is 1. The van der Waals surface area contributed by atoms with Crippen molar-refractivity contribution in [3.05, 3.63) is 47.1 Å². The van der Waals surface area contributed by atoms with Crippen LogP contribution in [0, 0.1) is 5.92 Å². The maximum atomic E-state index is 12.9. The lowest BCUT2D eigenvalue weighted by Crippen LogP contribution is -2.49. The van der Waals surface area contributed by atoms with Gasteiger partial charge in [-0.15, -0.1) is 0 Å². The molecule has 1 aliphatic heterocycles. The Labute approximate surface area is 188 Å². The number of anilines is 1. The van der Waals surface area contributed by atoms with Crippen LogP contribution in [0.3, 0.4) is 0 Å². The lowest BCUT2D eigenvalue weighted by atomic mass is 9.77. The SMILES string of the molecule is CC1CCC2(CC1)NC(=O)N(CC(=O)Nc1ccc(Oc3cccc(Br)c3)nc1)C2=O. The zero-order valence-electron chi connectivity index (χ0n) is 17.1. The van der Waals surface area contributed by atoms with E-state index in [-0.39, 0.29) is 12.5 Å². The highest BCUT2D eigenvalue weighted by molar-refractivity contribution is 9.10. The number of amides is 4. The number of imide groups is 1. The third kappa shape index (κ3) is 4.71. The Bertz CT molecular complexity index is 1000. The molecule has 1 aromatic carbocycles. The largest absolute Gasteiger partial charge is 0.439 e. The van der Waals surface area contributed by atoms with Crippen molar-refractivity contribution >= 4 is 39.5 Å². The summed E-state index contributed by atoms with van der Waals surface area (Å²) in [6.07, 6.45) is 4.44. The van der Waals surface area contributed by atoms with E-state index in [2.05, 4.69) is 38.5 Å². The molecule has 2 heterocycles. The quantitative estimate of drug-likeness (QED) is 0.620. The average molecular weight is 487 g/mol. The third-order valence-electron chi connectivity index (χ3n) is 5.71. The van der Waals surface area contributed by atoms with E-state index in [0.717, 1.165) is 22.2 Å². The minimum absolute atomic E-state index is 0.310. The van der Waals surface area contributed by atoms with Crippen molar-refractivity contribution in [3.8, 4) is 11.6 Å². The van der Waals surface area contributed by atoms with Crippen LogP contribution in [-0.2, 0) is 9.59 Å². The van der Waals surface area contributed by atoms with Crippen LogP contribution in [0.25, 0.3) is 0 Å². The minimum atomic E-state index is -0.850. The van der Waals surface area contributed by atoms with E-state index in [4.69, 9.17) is 4.74 Å². The molecule has 0 unspecified atom stereocenters. The molecule has 31 heavy (non-hydrogen) atoms. The Balaban J connectivity index is 1.34. The van der Waals surface area contributed by atoms with Crippen molar-refractivity contribution in [2.75, 3.05) is 11.9 Å². The van der Waals surface area contributed by atoms with Crippen molar-refractivity contribution < 1.29 is 19.1 Å². The van der Waals surface area contributed by atoms with Crippen molar-refractivity contribution in [2.24, 2.45) is 5.92 Å². The molecule has 1 saturated heterocycles. The van der Waals surface area contributed by atoms with E-state index in [0.29, 0.717) is 36.1 Å². The second kappa shape index (κ2) is 8.66. The maximum absolute atomic E-state index is 12.9. The van der Waals surface area contributed by atoms with Crippen LogP contribution in [0.5, 0.6) is 11.6 Å². The molecule has 162 valence electrons. The summed E-state index contributed by atoms with van der Waals surface area (Å²) in [4.78, 5) is 42.8. The van der Waals surface area contributed by atoms with E-state index in [9.17, 15) is 14.4 Å². The van der Waals surface area contributed by atoms with Crippen LogP contribution in [0.15, 0.2) is 47.1 Å². The van der Waals surface area contributed by atoms with E-state index < -0.39 is 17.5 Å². The number of carbonyl (C=O) groups is 3. The fraction of sp³-hybridized carbons (Fsp3) is 0.364. The summed E-state index contributed by atoms with van der Waals surface area (Å²) in [7, 11) is 0. The number of hydrogen-bond donors (Lipinski definition) is 2. The highest BCUT2D eigenvalue weighted by Gasteiger charge is 2.52. The molecule has 2 fully saturated rings. The molecule has 4 amide bonds. The van der Waals surface area contributed by atoms with Gasteiger partial charge < -0.3 is 15.4 Å². The van der Waals surface area contributed by atoms with Gasteiger partial charge in [0.15, 0.2) is 0 Å². The fourth-order valence-electron chi connectivity index (χ4n) is 3.92. The molecule has 2 aliphatic rings. The molecule has 0 atom stereocenters. The average Bonchev–Trinajstić information content (AvgIpc) is 2.96. The second-order valence-corrected chi connectivity index (χ2v) is 8.99. The Morgan fingerprint density at radius 2 is 2.06 bits per heavy atom. The molecule has 9 heteroatoms. The molecule has 1 spiro atoms. The Kier molecular flexibility index (Phi) is 5.95. The van der Waals surface area contributed by atoms with Crippen LogP contribution in [0.1, 0.15) is 32.6 Å². The van der Waals surface area contributed by atoms with E-state index >= 15 is 0 Å². The van der Waals surface area contributed by atoms with E-state index in [1.54, 1.807) is 18.2 Å². The van der Waals surface area contributed by atoms with Gasteiger partial charge in [-0.3, -0.25) is 14.5 Å². The highest BCUT2D eigenvalue weighted by atomic mass is 79.9. The van der Waals surface area contributed by atoms with Gasteiger partial charge >= 0.3 is 6.03 Å². The molecule has 2 aromatic rings. The third-order valence-corrected chi connectivity index (χ3v) is 6.21. The number of ether oxygens (including phenoxy) is 1. The molecule has 1 aromatic heterocycles. The number of nitrogens with zero attached hydrogens (tertiary/aromatic N) is 2. The topological polar surface area (TPSA) is 101 Å². The molecule has 1 saturated carbocycles. The molecule has 4 rings (SSSR count). The zero-order chi connectivity index (χ0) is 22.0. The van der Waals surface area contributed by atoms with Gasteiger partial charge in [0.2, 0.25) is 11.8 Å². The lowest BCUT2D eigenvalue weighted by Gasteiger charge is -2.33. The Hall–Kier alpha value is -2.94. The first-order valence-corrected chi connectivity index (χ1v) is 11.0. The fourth-order valence-corrected chi connectivity index (χ4v) is 4.30. The summed E-state index contributed by atoms with van der Waals surface area (Å²) in [6, 6.07) is 10.1. The van der Waals surface area contributed by atoms with Gasteiger partial charge in [0.25, 0.3) is 5.91 Å². The van der Waals surface area contributed by atoms with Crippen LogP contribution >= 0.6 is 15.9 Å². The van der Waals surface area contributed by atoms with Gasteiger partial charge in [-0.1, -0.05) is 28.9 Å². The van der Waals surface area contributed by atoms with Gasteiger partial charge in [-0.05, 0) is 55.9 Å². The summed E-state index contributed by atoms with van der Waals surface area (Å²) in [6.45, 7) is 1.81. The van der Waals surface area contributed by atoms with Crippen molar-refractivity contribution in [1.82, 2.24) is 15.2 Å². The van der Waals surface area contributed by atoms with Crippen molar-refractivity contribution in [3.63, 3.8) is 0 Å². The summed E-state index contributed by atoms with van der Waals surface area (Å²) in [5.41, 5.74) is -0.406. The minimum Gasteiger partial charge on any atom is -0.439 e. The second-order valence-electron chi connectivity index (χ2n) is 8.08. The van der Waals surface area contributed by atoms with Crippen molar-refractivity contribution in [2.45, 2.75) is 38.1 Å². The van der Waals surface area contributed by atoms with Gasteiger partial charge in [0.05, 0.1) is 11.9 Å². The van der Waals surface area contributed by atoms with Gasteiger partial charge in [-0.25, -0.2) is 9.78 Å². The molecule has 8 nitrogen and oxygen atoms in total. The molecule has 0 radical (unpaired) electrons. The normalized spacial score (nSPS) is 23.0. The molecular weight excluding hydrogens is 464 g/mol. The zero-order valence-corrected chi connectivity index (χ0v) is 18.6. The number of carbonyl (C=O) groups excluding carboxylic acids is 3. The smallest absolute Gasteiger partial charge is 0.325 e. The summed E-state index contributed by atoms with van der Waals surface area (Å²) >= 11 is 3.38. The molecule has 1 aliphatic carbocycles. The van der Waals surface area contributed by atoms with Crippen LogP contribution in [0.4, 0.5) is 10.5 Å². The van der Waals surface area contributed by atoms with Crippen molar-refractivity contribution in [1.29, 1.82) is 0 Å². The van der Waals surface area contributed by atoms with Crippen LogP contribution < -0.4 is 15.4 Å². The summed E-state index contributed by atoms with van der Waals surface area (Å²) in [5.74, 6) is 0.764. The van der Waals surface area contributed by atoms with Gasteiger partial charge in [0, 0.05) is 10.5 Å². The first-order valence-electron chi connectivity index (χ1n) is 10.2. The predicted octanol–water partition coefficient (Wildman–Crippen LogP) is 4.08. The Morgan fingerprint density at radius 1 is 1.29 bits per heavy atom. The lowest BCUT2D eigenvalue weighted by molar-refractivity contribution is -0.135.